The van der Waals surface area contributed by atoms with Gasteiger partial charge in [0.25, 0.3) is 0 Å². The Bertz CT molecular complexity index is 858. The van der Waals surface area contributed by atoms with Gasteiger partial charge >= 0.3 is 0 Å². The predicted molar refractivity (Wildman–Crippen MR) is 108 cm³/mol. The molecule has 122 valence electrons. The van der Waals surface area contributed by atoms with Crippen LogP contribution in [0.2, 0.25) is 5.02 Å². The van der Waals surface area contributed by atoms with E-state index in [0.29, 0.717) is 0 Å². The van der Waals surface area contributed by atoms with Crippen molar-refractivity contribution < 1.29 is 0 Å². The number of aliphatic imine (C=N–C) groups is 1. The smallest absolute Gasteiger partial charge is 0.0542 e. The quantitative estimate of drug-likeness (QED) is 0.541. The minimum absolute atomic E-state index is 0.820. The Hall–Kier alpha value is -1.51. The van der Waals surface area contributed by atoms with Crippen LogP contribution in [0.4, 0.5) is 0 Å². The SMILES string of the molecule is C1=NCCS1.Clc1ccc2c3c(ccc2c1)C1=C(CCC=C1)CC3. The maximum absolute atomic E-state index is 6.09. The second-order valence-corrected chi connectivity index (χ2v) is 7.69. The van der Waals surface area contributed by atoms with Crippen molar-refractivity contribution in [3.8, 4) is 0 Å². The van der Waals surface area contributed by atoms with Gasteiger partial charge in [-0.2, -0.15) is 0 Å². The van der Waals surface area contributed by atoms with Crippen molar-refractivity contribution in [2.75, 3.05) is 12.3 Å². The van der Waals surface area contributed by atoms with E-state index in [1.54, 1.807) is 17.3 Å². The highest BCUT2D eigenvalue weighted by Crippen LogP contribution is 2.40. The third kappa shape index (κ3) is 3.18. The van der Waals surface area contributed by atoms with Crippen molar-refractivity contribution in [2.24, 2.45) is 4.99 Å². The first kappa shape index (κ1) is 16.0. The molecule has 0 spiro atoms. The van der Waals surface area contributed by atoms with Crippen LogP contribution in [-0.4, -0.2) is 17.8 Å². The van der Waals surface area contributed by atoms with E-state index in [1.165, 1.54) is 58.9 Å². The van der Waals surface area contributed by atoms with Gasteiger partial charge in [-0.05, 0) is 65.3 Å². The lowest BCUT2D eigenvalue weighted by molar-refractivity contribution is 0.831. The van der Waals surface area contributed by atoms with Crippen LogP contribution in [0.5, 0.6) is 0 Å². The molecule has 0 N–H and O–H groups in total. The Kier molecular flexibility index (Phi) is 4.77. The molecule has 1 heterocycles. The fourth-order valence-electron chi connectivity index (χ4n) is 3.68. The van der Waals surface area contributed by atoms with E-state index in [1.807, 2.05) is 11.6 Å². The summed E-state index contributed by atoms with van der Waals surface area (Å²) >= 11 is 7.87. The Labute approximate surface area is 152 Å². The lowest BCUT2D eigenvalue weighted by Crippen LogP contribution is -2.06. The molecule has 0 saturated heterocycles. The van der Waals surface area contributed by atoms with Crippen LogP contribution < -0.4 is 0 Å². The van der Waals surface area contributed by atoms with Gasteiger partial charge in [-0.15, -0.1) is 11.8 Å². The van der Waals surface area contributed by atoms with Gasteiger partial charge in [-0.1, -0.05) is 47.5 Å². The van der Waals surface area contributed by atoms with Crippen molar-refractivity contribution in [3.63, 3.8) is 0 Å². The van der Waals surface area contributed by atoms with Gasteiger partial charge in [0.1, 0.15) is 0 Å². The standard InChI is InChI=1S/C18H15Cl.C3H5NS/c19-14-7-10-16-13(11-14)6-9-17-15-4-2-1-3-12(15)5-8-18(16)17;1-2-5-3-4-1/h2,4,6-7,9-11H,1,3,5,8H2;3H,1-2H2. The fraction of sp³-hybridized carbons (Fsp3) is 0.286. The molecule has 3 aliphatic rings. The molecule has 5 rings (SSSR count). The van der Waals surface area contributed by atoms with E-state index in [4.69, 9.17) is 11.6 Å². The number of allylic oxidation sites excluding steroid dienone is 4. The number of halogens is 1. The van der Waals surface area contributed by atoms with Crippen LogP contribution in [0, 0.1) is 0 Å². The van der Waals surface area contributed by atoms with E-state index in [9.17, 15) is 0 Å². The van der Waals surface area contributed by atoms with Crippen molar-refractivity contribution in [3.05, 3.63) is 64.2 Å². The van der Waals surface area contributed by atoms with Gasteiger partial charge < -0.3 is 0 Å². The molecule has 2 aliphatic carbocycles. The van der Waals surface area contributed by atoms with Crippen LogP contribution in [0.3, 0.4) is 0 Å². The monoisotopic (exact) mass is 353 g/mol. The summed E-state index contributed by atoms with van der Waals surface area (Å²) < 4.78 is 0. The topological polar surface area (TPSA) is 12.4 Å². The van der Waals surface area contributed by atoms with Crippen LogP contribution in [0.1, 0.15) is 30.4 Å². The molecular weight excluding hydrogens is 334 g/mol. The van der Waals surface area contributed by atoms with Gasteiger partial charge in [0.05, 0.1) is 5.55 Å². The molecule has 1 aliphatic heterocycles. The molecule has 2 aromatic rings. The van der Waals surface area contributed by atoms with Crippen LogP contribution in [0.15, 0.2) is 53.0 Å². The van der Waals surface area contributed by atoms with E-state index >= 15 is 0 Å². The molecule has 0 bridgehead atoms. The summed E-state index contributed by atoms with van der Waals surface area (Å²) in [5, 5.41) is 3.45. The van der Waals surface area contributed by atoms with Crippen molar-refractivity contribution in [1.29, 1.82) is 0 Å². The summed E-state index contributed by atoms with van der Waals surface area (Å²) in [5.74, 6) is 1.19. The van der Waals surface area contributed by atoms with E-state index in [-0.39, 0.29) is 0 Å². The fourth-order valence-corrected chi connectivity index (χ4v) is 4.38. The molecular formula is C21H20ClNS. The normalized spacial score (nSPS) is 18.2. The second kappa shape index (κ2) is 7.16. The molecule has 3 heteroatoms. The Balaban J connectivity index is 0.000000252. The first-order chi connectivity index (χ1) is 11.8. The predicted octanol–water partition coefficient (Wildman–Crippen LogP) is 6.30. The summed E-state index contributed by atoms with van der Waals surface area (Å²) in [7, 11) is 0. The number of hydrogen-bond acceptors (Lipinski definition) is 2. The van der Waals surface area contributed by atoms with E-state index in [0.717, 1.165) is 11.6 Å². The molecule has 0 fully saturated rings. The first-order valence-corrected chi connectivity index (χ1v) is 9.95. The number of thioether (sulfide) groups is 1. The Morgan fingerprint density at radius 2 is 2.00 bits per heavy atom. The summed E-state index contributed by atoms with van der Waals surface area (Å²) in [4.78, 5) is 3.92. The molecule has 0 atom stereocenters. The van der Waals surface area contributed by atoms with Gasteiger partial charge in [-0.3, -0.25) is 4.99 Å². The highest BCUT2D eigenvalue weighted by molar-refractivity contribution is 8.12. The number of benzene rings is 2. The van der Waals surface area contributed by atoms with Crippen LogP contribution in [-0.2, 0) is 6.42 Å². The molecule has 1 nitrogen and oxygen atoms in total. The zero-order valence-corrected chi connectivity index (χ0v) is 15.2. The average molecular weight is 354 g/mol. The number of fused-ring (bicyclic) bond motifs is 4. The maximum atomic E-state index is 6.09. The van der Waals surface area contributed by atoms with Gasteiger partial charge in [0.2, 0.25) is 0 Å². The van der Waals surface area contributed by atoms with Crippen molar-refractivity contribution >= 4 is 45.3 Å². The molecule has 0 radical (unpaired) electrons. The van der Waals surface area contributed by atoms with Gasteiger partial charge in [-0.25, -0.2) is 0 Å². The van der Waals surface area contributed by atoms with Crippen LogP contribution >= 0.6 is 23.4 Å². The lowest BCUT2D eigenvalue weighted by atomic mass is 9.80. The molecule has 0 aromatic heterocycles. The van der Waals surface area contributed by atoms with E-state index < -0.39 is 0 Å². The lowest BCUT2D eigenvalue weighted by Gasteiger charge is -2.25. The third-order valence-electron chi connectivity index (χ3n) is 4.83. The molecule has 0 amide bonds. The number of aryl methyl sites for hydroxylation is 1. The third-order valence-corrected chi connectivity index (χ3v) is 5.78. The molecule has 24 heavy (non-hydrogen) atoms. The average Bonchev–Trinajstić information content (AvgIpc) is 3.21. The minimum Gasteiger partial charge on any atom is -0.285 e. The minimum atomic E-state index is 0.820. The first-order valence-electron chi connectivity index (χ1n) is 8.53. The summed E-state index contributed by atoms with van der Waals surface area (Å²) in [6, 6.07) is 10.7. The number of rotatable bonds is 0. The summed E-state index contributed by atoms with van der Waals surface area (Å²) in [6.45, 7) is 1.03. The molecule has 2 aromatic carbocycles. The van der Waals surface area contributed by atoms with Crippen LogP contribution in [0.25, 0.3) is 16.3 Å². The highest BCUT2D eigenvalue weighted by atomic mass is 35.5. The zero-order chi connectivity index (χ0) is 16.4. The highest BCUT2D eigenvalue weighted by Gasteiger charge is 2.20. The Morgan fingerprint density at radius 3 is 2.79 bits per heavy atom. The largest absolute Gasteiger partial charge is 0.285 e. The van der Waals surface area contributed by atoms with Crippen molar-refractivity contribution in [2.45, 2.75) is 25.7 Å². The molecule has 0 saturated carbocycles. The van der Waals surface area contributed by atoms with E-state index in [2.05, 4.69) is 41.4 Å². The Morgan fingerprint density at radius 1 is 1.04 bits per heavy atom. The number of nitrogens with zero attached hydrogens (tertiary/aromatic N) is 1. The van der Waals surface area contributed by atoms with Crippen molar-refractivity contribution in [1.82, 2.24) is 0 Å². The van der Waals surface area contributed by atoms with Gasteiger partial charge in [0.15, 0.2) is 0 Å². The second-order valence-electron chi connectivity index (χ2n) is 6.30. The zero-order valence-electron chi connectivity index (χ0n) is 13.6. The molecule has 0 unspecified atom stereocenters. The summed E-state index contributed by atoms with van der Waals surface area (Å²) in [5.41, 5.74) is 7.96. The summed E-state index contributed by atoms with van der Waals surface area (Å²) in [6.07, 6.45) is 9.45. The van der Waals surface area contributed by atoms with Gasteiger partial charge in [0, 0.05) is 17.3 Å². The maximum Gasteiger partial charge on any atom is 0.0542 e. The number of hydrogen-bond donors (Lipinski definition) is 0.